The number of hydrogen-bond acceptors (Lipinski definition) is 5. The highest BCUT2D eigenvalue weighted by Gasteiger charge is 2.42. The number of unbranched alkanes of at least 4 members (excludes halogenated alkanes) is 3. The summed E-state index contributed by atoms with van der Waals surface area (Å²) in [6.45, 7) is 0.807. The van der Waals surface area contributed by atoms with Crippen molar-refractivity contribution in [1.82, 2.24) is 26.4 Å². The van der Waals surface area contributed by atoms with Crippen LogP contribution in [0.5, 0.6) is 0 Å². The number of hydrogen-bond donors (Lipinski definition) is 4. The lowest BCUT2D eigenvalue weighted by Gasteiger charge is -2.18. The van der Waals surface area contributed by atoms with Crippen LogP contribution in [-0.4, -0.2) is 59.6 Å². The van der Waals surface area contributed by atoms with Gasteiger partial charge >= 0.3 is 6.03 Å². The lowest BCUT2D eigenvalue weighted by Crippen LogP contribution is -2.36. The second-order valence-electron chi connectivity index (χ2n) is 9.86. The van der Waals surface area contributed by atoms with Gasteiger partial charge in [0.05, 0.1) is 12.1 Å². The van der Waals surface area contributed by atoms with Crippen LogP contribution in [0.3, 0.4) is 0 Å². The molecule has 3 amide bonds. The minimum atomic E-state index is -0.191. The maximum Gasteiger partial charge on any atom is 0.315 e. The molecule has 1 aromatic carbocycles. The van der Waals surface area contributed by atoms with Crippen LogP contribution in [0.25, 0.3) is 0 Å². The van der Waals surface area contributed by atoms with Crippen molar-refractivity contribution in [3.8, 4) is 0 Å². The van der Waals surface area contributed by atoms with Gasteiger partial charge in [0, 0.05) is 43.1 Å². The molecule has 4 N–H and O–H groups in total. The van der Waals surface area contributed by atoms with Crippen molar-refractivity contribution in [1.29, 1.82) is 0 Å². The third kappa shape index (κ3) is 6.86. The molecule has 3 fully saturated rings. The van der Waals surface area contributed by atoms with Gasteiger partial charge in [-0.2, -0.15) is 11.8 Å². The molecule has 1 aromatic rings. The molecule has 4 rings (SSSR count). The zero-order valence-electron chi connectivity index (χ0n) is 20.0. The van der Waals surface area contributed by atoms with Crippen molar-refractivity contribution in [3.63, 3.8) is 0 Å². The van der Waals surface area contributed by atoms with Gasteiger partial charge in [0.15, 0.2) is 0 Å². The number of hydrazine groups is 1. The van der Waals surface area contributed by atoms with E-state index in [0.717, 1.165) is 69.2 Å². The summed E-state index contributed by atoms with van der Waals surface area (Å²) in [6, 6.07) is 7.84. The molecule has 3 aliphatic rings. The second kappa shape index (κ2) is 12.2. The van der Waals surface area contributed by atoms with Crippen LogP contribution in [0.4, 0.5) is 9.18 Å². The van der Waals surface area contributed by atoms with E-state index in [1.165, 1.54) is 6.07 Å². The van der Waals surface area contributed by atoms with E-state index in [9.17, 15) is 14.0 Å². The van der Waals surface area contributed by atoms with Crippen molar-refractivity contribution in [2.75, 3.05) is 19.3 Å². The minimum Gasteiger partial charge on any atom is -0.346 e. The van der Waals surface area contributed by atoms with Crippen molar-refractivity contribution in [2.24, 2.45) is 0 Å². The summed E-state index contributed by atoms with van der Waals surface area (Å²) in [5.41, 5.74) is 7.62. The van der Waals surface area contributed by atoms with E-state index in [4.69, 9.17) is 0 Å². The Morgan fingerprint density at radius 2 is 1.97 bits per heavy atom. The van der Waals surface area contributed by atoms with Gasteiger partial charge < -0.3 is 15.5 Å². The average Bonchev–Trinajstić information content (AvgIpc) is 3.53. The molecular formula is C25H38FN5O2S. The first-order valence-electron chi connectivity index (χ1n) is 12.7. The van der Waals surface area contributed by atoms with Crippen LogP contribution in [0.1, 0.15) is 69.4 Å². The number of thioether (sulfide) groups is 1. The van der Waals surface area contributed by atoms with E-state index in [0.29, 0.717) is 17.7 Å². The van der Waals surface area contributed by atoms with Crippen molar-refractivity contribution in [3.05, 3.63) is 35.6 Å². The summed E-state index contributed by atoms with van der Waals surface area (Å²) in [7, 11) is 1.91. The molecule has 0 aliphatic carbocycles. The van der Waals surface area contributed by atoms with Gasteiger partial charge in [-0.1, -0.05) is 31.4 Å². The maximum atomic E-state index is 13.4. The lowest BCUT2D eigenvalue weighted by atomic mass is 9.99. The Morgan fingerprint density at radius 1 is 1.12 bits per heavy atom. The number of halogens is 1. The van der Waals surface area contributed by atoms with Crippen LogP contribution in [0.15, 0.2) is 24.3 Å². The molecule has 3 saturated heterocycles. The minimum absolute atomic E-state index is 0.0404. The Bertz CT molecular complexity index is 843. The zero-order valence-corrected chi connectivity index (χ0v) is 20.8. The first kappa shape index (κ1) is 25.3. The van der Waals surface area contributed by atoms with Gasteiger partial charge in [0.1, 0.15) is 5.82 Å². The molecule has 0 saturated carbocycles. The van der Waals surface area contributed by atoms with Crippen molar-refractivity contribution < 1.29 is 14.0 Å². The Kier molecular flexibility index (Phi) is 9.08. The van der Waals surface area contributed by atoms with E-state index >= 15 is 0 Å². The summed E-state index contributed by atoms with van der Waals surface area (Å²) in [5.74, 6) is 1.02. The number of urea groups is 1. The number of nitrogens with zero attached hydrogens (tertiary/aromatic N) is 1. The van der Waals surface area contributed by atoms with Crippen LogP contribution in [0, 0.1) is 5.82 Å². The van der Waals surface area contributed by atoms with E-state index in [2.05, 4.69) is 21.5 Å². The van der Waals surface area contributed by atoms with E-state index < -0.39 is 0 Å². The van der Waals surface area contributed by atoms with Gasteiger partial charge in [-0.05, 0) is 49.8 Å². The monoisotopic (exact) mass is 491 g/mol. The smallest absolute Gasteiger partial charge is 0.315 e. The van der Waals surface area contributed by atoms with Gasteiger partial charge in [-0.3, -0.25) is 15.6 Å². The quantitative estimate of drug-likeness (QED) is 0.266. The largest absolute Gasteiger partial charge is 0.346 e. The molecule has 3 aliphatic heterocycles. The SMILES string of the molecule is CN(CCCCCC1CC(c2cccc(F)c2)NN1)C(=O)CCCC[C@@H]1SC[C@@H]2NC(=O)N[C@@H]21. The Balaban J connectivity index is 1.02. The fourth-order valence-electron chi connectivity index (χ4n) is 5.25. The average molecular weight is 492 g/mol. The molecule has 7 nitrogen and oxygen atoms in total. The van der Waals surface area contributed by atoms with Crippen LogP contribution >= 0.6 is 11.8 Å². The standard InChI is InChI=1S/C25H38FN5O2S/c1-31(23(32)12-5-4-11-22-24-21(16-34-22)27-25(33)28-24)13-6-2-3-10-19-15-20(30-29-19)17-8-7-9-18(26)14-17/h7-9,14,19-22,24,29-30H,2-6,10-13,15-16H2,1H3,(H2,27,28,33)/t19?,20?,21-,22-,24-/m0/s1. The first-order valence-corrected chi connectivity index (χ1v) is 13.7. The molecule has 0 bridgehead atoms. The zero-order chi connectivity index (χ0) is 23.9. The summed E-state index contributed by atoms with van der Waals surface area (Å²) < 4.78 is 13.4. The van der Waals surface area contributed by atoms with Gasteiger partial charge in [-0.15, -0.1) is 0 Å². The Hall–Kier alpha value is -1.84. The lowest BCUT2D eigenvalue weighted by molar-refractivity contribution is -0.130. The molecular weight excluding hydrogens is 453 g/mol. The third-order valence-corrected chi connectivity index (χ3v) is 8.78. The van der Waals surface area contributed by atoms with Gasteiger partial charge in [0.2, 0.25) is 5.91 Å². The van der Waals surface area contributed by atoms with Crippen LogP contribution in [0.2, 0.25) is 0 Å². The van der Waals surface area contributed by atoms with E-state index in [1.807, 2.05) is 29.8 Å². The number of fused-ring (bicyclic) bond motifs is 1. The van der Waals surface area contributed by atoms with Gasteiger partial charge in [0.25, 0.3) is 0 Å². The number of carbonyl (C=O) groups is 2. The summed E-state index contributed by atoms with van der Waals surface area (Å²) in [6.07, 6.45) is 8.86. The fraction of sp³-hybridized carbons (Fsp3) is 0.680. The first-order chi connectivity index (χ1) is 16.5. The summed E-state index contributed by atoms with van der Waals surface area (Å²) in [4.78, 5) is 25.8. The predicted octanol–water partition coefficient (Wildman–Crippen LogP) is 3.48. The highest BCUT2D eigenvalue weighted by Crippen LogP contribution is 2.33. The molecule has 3 heterocycles. The topological polar surface area (TPSA) is 85.5 Å². The van der Waals surface area contributed by atoms with Crippen molar-refractivity contribution >= 4 is 23.7 Å². The molecule has 0 aromatic heterocycles. The summed E-state index contributed by atoms with van der Waals surface area (Å²) in [5, 5.41) is 6.47. The Morgan fingerprint density at radius 3 is 2.82 bits per heavy atom. The molecule has 5 atom stereocenters. The highest BCUT2D eigenvalue weighted by molar-refractivity contribution is 8.00. The van der Waals surface area contributed by atoms with Crippen molar-refractivity contribution in [2.45, 2.75) is 87.2 Å². The number of carbonyl (C=O) groups excluding carboxylic acids is 2. The number of rotatable bonds is 12. The third-order valence-electron chi connectivity index (χ3n) is 7.27. The second-order valence-corrected chi connectivity index (χ2v) is 11.1. The van der Waals surface area contributed by atoms with Crippen LogP contribution < -0.4 is 21.5 Å². The van der Waals surface area contributed by atoms with E-state index in [-0.39, 0.29) is 35.9 Å². The molecule has 0 spiro atoms. The van der Waals surface area contributed by atoms with E-state index in [1.54, 1.807) is 12.1 Å². The maximum absolute atomic E-state index is 13.4. The number of nitrogens with one attached hydrogen (secondary N) is 4. The highest BCUT2D eigenvalue weighted by atomic mass is 32.2. The fourth-order valence-corrected chi connectivity index (χ4v) is 6.79. The normalized spacial score (nSPS) is 27.9. The molecule has 9 heteroatoms. The molecule has 34 heavy (non-hydrogen) atoms. The molecule has 188 valence electrons. The number of amides is 3. The number of benzene rings is 1. The summed E-state index contributed by atoms with van der Waals surface area (Å²) >= 11 is 1.93. The van der Waals surface area contributed by atoms with Gasteiger partial charge in [-0.25, -0.2) is 9.18 Å². The Labute approximate surface area is 206 Å². The van der Waals surface area contributed by atoms with Crippen LogP contribution in [-0.2, 0) is 4.79 Å². The molecule has 2 unspecified atom stereocenters. The predicted molar refractivity (Wildman–Crippen MR) is 134 cm³/mol. The molecule has 0 radical (unpaired) electrons.